The summed E-state index contributed by atoms with van der Waals surface area (Å²) in [5.41, 5.74) is 2.25. The molecule has 0 bridgehead atoms. The van der Waals surface area contributed by atoms with Gasteiger partial charge in [-0.2, -0.15) is 0 Å². The molecule has 2 aliphatic rings. The number of halogens is 1. The second-order valence-electron chi connectivity index (χ2n) is 8.54. The summed E-state index contributed by atoms with van der Waals surface area (Å²) in [5, 5.41) is 3.90. The number of carbonyl (C=O) groups is 1. The number of carbonyl (C=O) groups excluding carboxylic acids is 1. The van der Waals surface area contributed by atoms with Crippen molar-refractivity contribution in [2.24, 2.45) is 0 Å². The van der Waals surface area contributed by atoms with Crippen molar-refractivity contribution in [1.82, 2.24) is 10.2 Å². The van der Waals surface area contributed by atoms with Gasteiger partial charge in [0.15, 0.2) is 0 Å². The van der Waals surface area contributed by atoms with Crippen LogP contribution in [0.2, 0.25) is 0 Å². The SMILES string of the molecule is O=C(NC1CCCCC1)[C@H](/C(Cl)=C/c1ccccc1)N1CCN(c2ccccc2)CC1. The number of para-hydroxylation sites is 1. The molecule has 4 nitrogen and oxygen atoms in total. The van der Waals surface area contributed by atoms with E-state index in [4.69, 9.17) is 11.6 Å². The molecule has 1 aliphatic carbocycles. The third kappa shape index (κ3) is 5.90. The molecule has 0 unspecified atom stereocenters. The largest absolute Gasteiger partial charge is 0.369 e. The molecule has 2 aromatic rings. The molecular formula is C26H32ClN3O. The fourth-order valence-corrected chi connectivity index (χ4v) is 5.02. The Bertz CT molecular complexity index is 857. The van der Waals surface area contributed by atoms with Gasteiger partial charge >= 0.3 is 0 Å². The van der Waals surface area contributed by atoms with Gasteiger partial charge in [-0.15, -0.1) is 0 Å². The van der Waals surface area contributed by atoms with Crippen LogP contribution in [0.25, 0.3) is 6.08 Å². The first-order chi connectivity index (χ1) is 15.2. The maximum atomic E-state index is 13.4. The molecule has 2 aromatic carbocycles. The molecule has 1 aliphatic heterocycles. The molecule has 1 N–H and O–H groups in total. The van der Waals surface area contributed by atoms with Crippen LogP contribution in [0.4, 0.5) is 5.69 Å². The number of hydrogen-bond donors (Lipinski definition) is 1. The monoisotopic (exact) mass is 437 g/mol. The lowest BCUT2D eigenvalue weighted by Crippen LogP contribution is -2.56. The smallest absolute Gasteiger partial charge is 0.243 e. The summed E-state index contributed by atoms with van der Waals surface area (Å²) in [6, 6.07) is 20.3. The highest BCUT2D eigenvalue weighted by Crippen LogP contribution is 2.24. The predicted octanol–water partition coefficient (Wildman–Crippen LogP) is 4.91. The maximum absolute atomic E-state index is 13.4. The van der Waals surface area contributed by atoms with Crippen LogP contribution in [0.15, 0.2) is 65.7 Å². The molecule has 1 atom stereocenters. The van der Waals surface area contributed by atoms with Gasteiger partial charge in [-0.3, -0.25) is 9.69 Å². The van der Waals surface area contributed by atoms with Crippen molar-refractivity contribution < 1.29 is 4.79 Å². The Morgan fingerprint density at radius 2 is 1.52 bits per heavy atom. The topological polar surface area (TPSA) is 35.6 Å². The number of piperazine rings is 1. The third-order valence-corrected chi connectivity index (χ3v) is 6.68. The van der Waals surface area contributed by atoms with Crippen molar-refractivity contribution in [3.05, 3.63) is 71.3 Å². The highest BCUT2D eigenvalue weighted by atomic mass is 35.5. The van der Waals surface area contributed by atoms with Gasteiger partial charge < -0.3 is 10.2 Å². The van der Waals surface area contributed by atoms with Crippen molar-refractivity contribution in [2.45, 2.75) is 44.2 Å². The second-order valence-corrected chi connectivity index (χ2v) is 8.98. The minimum absolute atomic E-state index is 0.0391. The summed E-state index contributed by atoms with van der Waals surface area (Å²) in [7, 11) is 0. The fourth-order valence-electron chi connectivity index (χ4n) is 4.66. The van der Waals surface area contributed by atoms with Gasteiger partial charge in [0.1, 0.15) is 6.04 Å². The summed E-state index contributed by atoms with van der Waals surface area (Å²) in [4.78, 5) is 18.0. The molecule has 2 fully saturated rings. The molecule has 1 heterocycles. The quantitative estimate of drug-likeness (QED) is 0.697. The zero-order chi connectivity index (χ0) is 21.5. The minimum Gasteiger partial charge on any atom is -0.369 e. The standard InChI is InChI=1S/C26H32ClN3O/c27-24(20-21-10-4-1-5-11-21)25(26(31)28-22-12-6-2-7-13-22)30-18-16-29(17-19-30)23-14-8-3-9-15-23/h1,3-5,8-11,14-15,20,22,25H,2,6-7,12-13,16-19H2,(H,28,31)/b24-20-/t25-/m0/s1. The molecule has 5 heteroatoms. The Morgan fingerprint density at radius 3 is 2.16 bits per heavy atom. The zero-order valence-electron chi connectivity index (χ0n) is 18.1. The van der Waals surface area contributed by atoms with Crippen LogP contribution in [0.1, 0.15) is 37.7 Å². The van der Waals surface area contributed by atoms with Gasteiger partial charge in [-0.05, 0) is 36.6 Å². The lowest BCUT2D eigenvalue weighted by Gasteiger charge is -2.40. The van der Waals surface area contributed by atoms with E-state index >= 15 is 0 Å². The Kier molecular flexibility index (Phi) is 7.66. The van der Waals surface area contributed by atoms with Crippen LogP contribution in [0.5, 0.6) is 0 Å². The second kappa shape index (κ2) is 10.8. The fraction of sp³-hybridized carbons (Fsp3) is 0.423. The van der Waals surface area contributed by atoms with Crippen LogP contribution in [-0.4, -0.2) is 49.1 Å². The minimum atomic E-state index is -0.443. The number of hydrogen-bond acceptors (Lipinski definition) is 3. The van der Waals surface area contributed by atoms with Gasteiger partial charge in [0.25, 0.3) is 0 Å². The lowest BCUT2D eigenvalue weighted by atomic mass is 9.95. The van der Waals surface area contributed by atoms with E-state index in [-0.39, 0.29) is 11.9 Å². The van der Waals surface area contributed by atoms with Crippen LogP contribution in [-0.2, 0) is 4.79 Å². The Labute approximate surface area is 190 Å². The number of anilines is 1. The van der Waals surface area contributed by atoms with Crippen molar-refractivity contribution in [3.8, 4) is 0 Å². The summed E-state index contributed by atoms with van der Waals surface area (Å²) in [6.45, 7) is 3.37. The first-order valence-electron chi connectivity index (χ1n) is 11.5. The van der Waals surface area contributed by atoms with Crippen molar-refractivity contribution >= 4 is 29.3 Å². The number of benzene rings is 2. The Balaban J connectivity index is 1.49. The summed E-state index contributed by atoms with van der Waals surface area (Å²) in [5.74, 6) is 0.0391. The van der Waals surface area contributed by atoms with E-state index in [1.165, 1.54) is 24.9 Å². The highest BCUT2D eigenvalue weighted by molar-refractivity contribution is 6.34. The Hall–Kier alpha value is -2.30. The molecule has 31 heavy (non-hydrogen) atoms. The highest BCUT2D eigenvalue weighted by Gasteiger charge is 2.33. The summed E-state index contributed by atoms with van der Waals surface area (Å²) < 4.78 is 0. The number of nitrogens with zero attached hydrogens (tertiary/aromatic N) is 2. The summed E-state index contributed by atoms with van der Waals surface area (Å²) >= 11 is 6.83. The Morgan fingerprint density at radius 1 is 0.903 bits per heavy atom. The molecule has 1 amide bonds. The van der Waals surface area contributed by atoms with Gasteiger partial charge in [0, 0.05) is 42.9 Å². The van der Waals surface area contributed by atoms with E-state index in [1.807, 2.05) is 42.5 Å². The first-order valence-corrected chi connectivity index (χ1v) is 11.8. The van der Waals surface area contributed by atoms with E-state index in [2.05, 4.69) is 39.4 Å². The van der Waals surface area contributed by atoms with Crippen molar-refractivity contribution in [1.29, 1.82) is 0 Å². The molecule has 164 valence electrons. The van der Waals surface area contributed by atoms with Crippen molar-refractivity contribution in [3.63, 3.8) is 0 Å². The predicted molar refractivity (Wildman–Crippen MR) is 129 cm³/mol. The normalized spacial score (nSPS) is 19.8. The van der Waals surface area contributed by atoms with E-state index < -0.39 is 6.04 Å². The average molecular weight is 438 g/mol. The van der Waals surface area contributed by atoms with Crippen LogP contribution >= 0.6 is 11.6 Å². The maximum Gasteiger partial charge on any atom is 0.243 e. The number of amides is 1. The molecule has 4 rings (SSSR count). The molecule has 1 saturated heterocycles. The number of rotatable bonds is 6. The van der Waals surface area contributed by atoms with E-state index in [0.717, 1.165) is 44.6 Å². The number of nitrogens with one attached hydrogen (secondary N) is 1. The van der Waals surface area contributed by atoms with Crippen LogP contribution < -0.4 is 10.2 Å². The van der Waals surface area contributed by atoms with Gasteiger partial charge in [-0.1, -0.05) is 79.4 Å². The first kappa shape index (κ1) is 21.9. The molecular weight excluding hydrogens is 406 g/mol. The van der Waals surface area contributed by atoms with Crippen LogP contribution in [0, 0.1) is 0 Å². The summed E-state index contributed by atoms with van der Waals surface area (Å²) in [6.07, 6.45) is 7.74. The van der Waals surface area contributed by atoms with Gasteiger partial charge in [0.2, 0.25) is 5.91 Å². The molecule has 1 saturated carbocycles. The lowest BCUT2D eigenvalue weighted by molar-refractivity contribution is -0.126. The zero-order valence-corrected chi connectivity index (χ0v) is 18.8. The van der Waals surface area contributed by atoms with Gasteiger partial charge in [-0.25, -0.2) is 0 Å². The van der Waals surface area contributed by atoms with Crippen molar-refractivity contribution in [2.75, 3.05) is 31.1 Å². The van der Waals surface area contributed by atoms with Gasteiger partial charge in [0.05, 0.1) is 0 Å². The average Bonchev–Trinajstić information content (AvgIpc) is 2.81. The molecule has 0 spiro atoms. The third-order valence-electron chi connectivity index (χ3n) is 6.37. The van der Waals surface area contributed by atoms with E-state index in [1.54, 1.807) is 0 Å². The van der Waals surface area contributed by atoms with E-state index in [9.17, 15) is 4.79 Å². The molecule has 0 radical (unpaired) electrons. The van der Waals surface area contributed by atoms with E-state index in [0.29, 0.717) is 5.03 Å². The van der Waals surface area contributed by atoms with Crippen LogP contribution in [0.3, 0.4) is 0 Å². The molecule has 0 aromatic heterocycles.